The van der Waals surface area contributed by atoms with Crippen LogP contribution in [0.3, 0.4) is 0 Å². The molecule has 3 N–H and O–H groups in total. The lowest BCUT2D eigenvalue weighted by molar-refractivity contribution is -0.110. The number of phenols is 1. The van der Waals surface area contributed by atoms with Gasteiger partial charge >= 0.3 is 0 Å². The second kappa shape index (κ2) is 10.5. The molecule has 0 aliphatic carbocycles. The lowest BCUT2D eigenvalue weighted by Crippen LogP contribution is -2.24. The molecule has 170 valence electrons. The van der Waals surface area contributed by atoms with Gasteiger partial charge in [-0.05, 0) is 79.9 Å². The van der Waals surface area contributed by atoms with E-state index in [0.717, 1.165) is 5.56 Å². The highest BCUT2D eigenvalue weighted by Crippen LogP contribution is 2.40. The first-order chi connectivity index (χ1) is 16.5. The van der Waals surface area contributed by atoms with Gasteiger partial charge in [-0.3, -0.25) is 4.79 Å². The van der Waals surface area contributed by atoms with Gasteiger partial charge in [-0.15, -0.1) is 0 Å². The lowest BCUT2D eigenvalue weighted by atomic mass is 10.0. The summed E-state index contributed by atoms with van der Waals surface area (Å²) in [6.07, 6.45) is 0. The zero-order valence-corrected chi connectivity index (χ0v) is 20.7. The van der Waals surface area contributed by atoms with Crippen LogP contribution in [-0.4, -0.2) is 21.9 Å². The average Bonchev–Trinajstić information content (AvgIpc) is 2.84. The molecule has 0 aromatic heterocycles. The van der Waals surface area contributed by atoms with Gasteiger partial charge in [0.1, 0.15) is 11.5 Å². The number of phenolic OH excluding ortho intramolecular Hbond substituents is 1. The predicted molar refractivity (Wildman–Crippen MR) is 139 cm³/mol. The molecule has 0 spiro atoms. The summed E-state index contributed by atoms with van der Waals surface area (Å²) in [5.74, 6) is 0.533. The molecule has 34 heavy (non-hydrogen) atoms. The zero-order chi connectivity index (χ0) is 24.1. The van der Waals surface area contributed by atoms with Crippen molar-refractivity contribution in [1.29, 1.82) is 0 Å². The van der Waals surface area contributed by atoms with E-state index in [1.54, 1.807) is 54.6 Å². The van der Waals surface area contributed by atoms with Crippen LogP contribution in [0.2, 0.25) is 0 Å². The summed E-state index contributed by atoms with van der Waals surface area (Å²) in [5.41, 5.74) is 2.28. The molecule has 0 saturated heterocycles. The predicted octanol–water partition coefficient (Wildman–Crippen LogP) is 7.19. The molecule has 0 aliphatic rings. The molecule has 4 aromatic rings. The fourth-order valence-electron chi connectivity index (χ4n) is 3.29. The van der Waals surface area contributed by atoms with Crippen molar-refractivity contribution in [3.8, 4) is 28.4 Å². The van der Waals surface area contributed by atoms with Gasteiger partial charge < -0.3 is 20.4 Å². The van der Waals surface area contributed by atoms with Gasteiger partial charge in [0.2, 0.25) is 0 Å². The Morgan fingerprint density at radius 2 is 1.47 bits per heavy atom. The molecule has 4 aromatic carbocycles. The summed E-state index contributed by atoms with van der Waals surface area (Å²) in [5, 5.41) is 25.7. The molecule has 8 heteroatoms. The number of hydrogen-bond donors (Lipinski definition) is 3. The highest BCUT2D eigenvalue weighted by atomic mass is 79.9. The maximum Gasteiger partial charge on any atom is 0.278 e. The fraction of sp³-hybridized carbons (Fsp3) is 0. The number of benzene rings is 4. The molecule has 0 radical (unpaired) electrons. The molecule has 0 saturated carbocycles. The number of rotatable bonds is 6. The van der Waals surface area contributed by atoms with Crippen molar-refractivity contribution in [2.24, 2.45) is 5.16 Å². The number of amides is 1. The number of hydrogen-bond acceptors (Lipinski definition) is 5. The SMILES string of the molecule is O=C(Nc1ccccc1)/C(=N/O)c1cc(Br)c(Oc2ccc(O)c(-c3ccccc3)c2)c(Br)c1. The first kappa shape index (κ1) is 23.5. The van der Waals surface area contributed by atoms with Crippen molar-refractivity contribution in [2.75, 3.05) is 5.32 Å². The number of nitrogens with one attached hydrogen (secondary N) is 1. The van der Waals surface area contributed by atoms with Crippen LogP contribution in [0.15, 0.2) is 105 Å². The Balaban J connectivity index is 1.60. The Kier molecular flexibility index (Phi) is 7.30. The van der Waals surface area contributed by atoms with E-state index in [4.69, 9.17) is 4.74 Å². The number of aromatic hydroxyl groups is 1. The number of anilines is 1. The largest absolute Gasteiger partial charge is 0.507 e. The smallest absolute Gasteiger partial charge is 0.278 e. The third kappa shape index (κ3) is 5.30. The molecular weight excluding hydrogens is 564 g/mol. The van der Waals surface area contributed by atoms with Gasteiger partial charge in [-0.2, -0.15) is 0 Å². The Hall–Kier alpha value is -3.62. The van der Waals surface area contributed by atoms with Gasteiger partial charge in [0.15, 0.2) is 11.5 Å². The maximum absolute atomic E-state index is 12.7. The fourth-order valence-corrected chi connectivity index (χ4v) is 4.63. The number of nitrogens with zero attached hydrogens (tertiary/aromatic N) is 1. The number of oxime groups is 1. The highest BCUT2D eigenvalue weighted by molar-refractivity contribution is 9.11. The molecule has 0 heterocycles. The van der Waals surface area contributed by atoms with Gasteiger partial charge in [0, 0.05) is 16.8 Å². The molecule has 0 aliphatic heterocycles. The Bertz CT molecular complexity index is 1340. The molecule has 4 rings (SSSR count). The Labute approximate surface area is 212 Å². The standard InChI is InChI=1S/C26H18Br2N2O4/c27-21-13-17(24(30-33)26(32)29-18-9-5-2-6-10-18)14-22(28)25(21)34-19-11-12-23(31)20(15-19)16-7-3-1-4-8-16/h1-15,31,33H,(H,29,32)/b30-24+. The van der Waals surface area contributed by atoms with Crippen LogP contribution in [0.5, 0.6) is 17.2 Å². The number of para-hydroxylation sites is 1. The molecule has 1 amide bonds. The van der Waals surface area contributed by atoms with Gasteiger partial charge in [0.25, 0.3) is 5.91 Å². The van der Waals surface area contributed by atoms with E-state index in [1.165, 1.54) is 0 Å². The second-order valence-electron chi connectivity index (χ2n) is 7.18. The minimum Gasteiger partial charge on any atom is -0.507 e. The first-order valence-electron chi connectivity index (χ1n) is 10.1. The molecule has 0 bridgehead atoms. The number of carbonyl (C=O) groups is 1. The van der Waals surface area contributed by atoms with E-state index in [9.17, 15) is 15.1 Å². The highest BCUT2D eigenvalue weighted by Gasteiger charge is 2.20. The van der Waals surface area contributed by atoms with Crippen molar-refractivity contribution in [2.45, 2.75) is 0 Å². The molecule has 0 unspecified atom stereocenters. The van der Waals surface area contributed by atoms with Crippen LogP contribution in [-0.2, 0) is 4.79 Å². The van der Waals surface area contributed by atoms with Crippen LogP contribution in [0, 0.1) is 0 Å². The van der Waals surface area contributed by atoms with Gasteiger partial charge in [-0.1, -0.05) is 53.7 Å². The second-order valence-corrected chi connectivity index (χ2v) is 8.89. The minimum absolute atomic E-state index is 0.139. The van der Waals surface area contributed by atoms with Crippen LogP contribution >= 0.6 is 31.9 Å². The molecule has 6 nitrogen and oxygen atoms in total. The van der Waals surface area contributed by atoms with E-state index < -0.39 is 5.91 Å². The normalized spacial score (nSPS) is 11.2. The van der Waals surface area contributed by atoms with E-state index in [-0.39, 0.29) is 11.5 Å². The van der Waals surface area contributed by atoms with Gasteiger partial charge in [-0.25, -0.2) is 0 Å². The van der Waals surface area contributed by atoms with Crippen LogP contribution < -0.4 is 10.1 Å². The Morgan fingerprint density at radius 1 is 0.853 bits per heavy atom. The van der Waals surface area contributed by atoms with Crippen molar-refractivity contribution in [3.05, 3.63) is 106 Å². The maximum atomic E-state index is 12.7. The summed E-state index contributed by atoms with van der Waals surface area (Å²) in [7, 11) is 0. The third-order valence-electron chi connectivity index (χ3n) is 4.89. The number of halogens is 2. The van der Waals surface area contributed by atoms with Crippen molar-refractivity contribution >= 4 is 49.2 Å². The van der Waals surface area contributed by atoms with Crippen molar-refractivity contribution in [3.63, 3.8) is 0 Å². The molecule has 0 fully saturated rings. The summed E-state index contributed by atoms with van der Waals surface area (Å²) >= 11 is 6.95. The lowest BCUT2D eigenvalue weighted by Gasteiger charge is -2.14. The third-order valence-corrected chi connectivity index (χ3v) is 6.07. The number of carbonyl (C=O) groups excluding carboxylic acids is 1. The van der Waals surface area contributed by atoms with E-state index in [0.29, 0.717) is 37.3 Å². The summed E-state index contributed by atoms with van der Waals surface area (Å²) in [6.45, 7) is 0. The van der Waals surface area contributed by atoms with Gasteiger partial charge in [0.05, 0.1) is 8.95 Å². The number of ether oxygens (including phenoxy) is 1. The summed E-state index contributed by atoms with van der Waals surface area (Å²) in [4.78, 5) is 12.7. The quantitative estimate of drug-likeness (QED) is 0.128. The van der Waals surface area contributed by atoms with Crippen LogP contribution in [0.4, 0.5) is 5.69 Å². The molecule has 0 atom stereocenters. The minimum atomic E-state index is -0.563. The van der Waals surface area contributed by atoms with E-state index in [1.807, 2.05) is 36.4 Å². The topological polar surface area (TPSA) is 91.2 Å². The van der Waals surface area contributed by atoms with Crippen LogP contribution in [0.25, 0.3) is 11.1 Å². The van der Waals surface area contributed by atoms with Crippen molar-refractivity contribution in [1.82, 2.24) is 0 Å². The summed E-state index contributed by atoms with van der Waals surface area (Å²) < 4.78 is 7.13. The van der Waals surface area contributed by atoms with Crippen molar-refractivity contribution < 1.29 is 19.8 Å². The van der Waals surface area contributed by atoms with E-state index in [2.05, 4.69) is 42.3 Å². The van der Waals surface area contributed by atoms with E-state index >= 15 is 0 Å². The zero-order valence-electron chi connectivity index (χ0n) is 17.6. The average molecular weight is 582 g/mol. The summed E-state index contributed by atoms with van der Waals surface area (Å²) in [6, 6.07) is 26.6. The monoisotopic (exact) mass is 580 g/mol. The molecular formula is C26H18Br2N2O4. The Morgan fingerprint density at radius 3 is 2.09 bits per heavy atom. The first-order valence-corrected chi connectivity index (χ1v) is 11.7. The van der Waals surface area contributed by atoms with Crippen LogP contribution in [0.1, 0.15) is 5.56 Å².